The second-order valence-corrected chi connectivity index (χ2v) is 4.81. The smallest absolute Gasteiger partial charge is 0.179 e. The fourth-order valence-electron chi connectivity index (χ4n) is 1.91. The molecule has 20 heavy (non-hydrogen) atoms. The summed E-state index contributed by atoms with van der Waals surface area (Å²) >= 11 is 6.27. The van der Waals surface area contributed by atoms with Gasteiger partial charge in [-0.25, -0.2) is 0 Å². The van der Waals surface area contributed by atoms with Crippen molar-refractivity contribution in [1.82, 2.24) is 5.32 Å². The molecule has 0 heterocycles. The van der Waals surface area contributed by atoms with E-state index in [0.717, 1.165) is 25.1 Å². The van der Waals surface area contributed by atoms with Crippen LogP contribution in [0.25, 0.3) is 6.08 Å². The molecule has 0 fully saturated rings. The van der Waals surface area contributed by atoms with Gasteiger partial charge in [-0.15, -0.1) is 0 Å². The van der Waals surface area contributed by atoms with E-state index in [4.69, 9.17) is 21.1 Å². The standard InChI is InChI=1S/C16H24ClNO2/c1-5-12(11-18-6-2)8-13-9-14(17)16(20-7-3)15(10-13)19-4/h8-10,18H,5-7,11H2,1-4H3. The monoisotopic (exact) mass is 297 g/mol. The first kappa shape index (κ1) is 16.9. The van der Waals surface area contributed by atoms with Crippen molar-refractivity contribution in [2.24, 2.45) is 0 Å². The maximum Gasteiger partial charge on any atom is 0.179 e. The van der Waals surface area contributed by atoms with Crippen LogP contribution in [0, 0.1) is 0 Å². The molecule has 0 unspecified atom stereocenters. The Morgan fingerprint density at radius 1 is 1.30 bits per heavy atom. The number of halogens is 1. The number of likely N-dealkylation sites (N-methyl/N-ethyl adjacent to an activating group) is 1. The molecule has 1 N–H and O–H groups in total. The highest BCUT2D eigenvalue weighted by Gasteiger charge is 2.11. The molecule has 4 heteroatoms. The first-order valence-electron chi connectivity index (χ1n) is 7.06. The van der Waals surface area contributed by atoms with Crippen molar-refractivity contribution >= 4 is 17.7 Å². The van der Waals surface area contributed by atoms with Crippen molar-refractivity contribution in [2.75, 3.05) is 26.8 Å². The summed E-state index contributed by atoms with van der Waals surface area (Å²) in [7, 11) is 1.63. The summed E-state index contributed by atoms with van der Waals surface area (Å²) in [6.07, 6.45) is 3.15. The Kier molecular flexibility index (Phi) is 7.48. The molecule has 0 saturated heterocycles. The van der Waals surface area contributed by atoms with Crippen molar-refractivity contribution in [3.8, 4) is 11.5 Å². The average molecular weight is 298 g/mol. The van der Waals surface area contributed by atoms with Crippen molar-refractivity contribution < 1.29 is 9.47 Å². The van der Waals surface area contributed by atoms with E-state index in [1.807, 2.05) is 19.1 Å². The number of benzene rings is 1. The Balaban J connectivity index is 3.06. The number of hydrogen-bond acceptors (Lipinski definition) is 3. The molecule has 0 aliphatic heterocycles. The van der Waals surface area contributed by atoms with Crippen LogP contribution in [0.4, 0.5) is 0 Å². The van der Waals surface area contributed by atoms with Gasteiger partial charge in [0.2, 0.25) is 0 Å². The van der Waals surface area contributed by atoms with E-state index >= 15 is 0 Å². The maximum atomic E-state index is 6.27. The predicted octanol–water partition coefficient (Wildman–Crippen LogP) is 4.15. The third kappa shape index (κ3) is 4.73. The van der Waals surface area contributed by atoms with Gasteiger partial charge in [-0.3, -0.25) is 0 Å². The molecule has 0 aliphatic rings. The second-order valence-electron chi connectivity index (χ2n) is 4.40. The van der Waals surface area contributed by atoms with Gasteiger partial charge in [-0.1, -0.05) is 37.1 Å². The zero-order chi connectivity index (χ0) is 15.0. The van der Waals surface area contributed by atoms with Gasteiger partial charge in [0.05, 0.1) is 18.7 Å². The molecule has 3 nitrogen and oxygen atoms in total. The summed E-state index contributed by atoms with van der Waals surface area (Å²) in [5.41, 5.74) is 2.36. The number of hydrogen-bond donors (Lipinski definition) is 1. The molecule has 0 aromatic heterocycles. The molecular weight excluding hydrogens is 274 g/mol. The zero-order valence-corrected chi connectivity index (χ0v) is 13.5. The summed E-state index contributed by atoms with van der Waals surface area (Å²) in [6, 6.07) is 3.87. The molecule has 0 amide bonds. The normalized spacial score (nSPS) is 11.6. The fraction of sp³-hybridized carbons (Fsp3) is 0.500. The van der Waals surface area contributed by atoms with E-state index in [1.165, 1.54) is 5.57 Å². The van der Waals surface area contributed by atoms with Crippen LogP contribution in [0.3, 0.4) is 0 Å². The molecule has 0 aliphatic carbocycles. The van der Waals surface area contributed by atoms with Crippen LogP contribution in [0.15, 0.2) is 17.7 Å². The summed E-state index contributed by atoms with van der Waals surface area (Å²) in [4.78, 5) is 0. The molecule has 1 aromatic carbocycles. The largest absolute Gasteiger partial charge is 0.493 e. The van der Waals surface area contributed by atoms with Gasteiger partial charge in [-0.2, -0.15) is 0 Å². The summed E-state index contributed by atoms with van der Waals surface area (Å²) in [5, 5.41) is 3.92. The van der Waals surface area contributed by atoms with Crippen molar-refractivity contribution in [1.29, 1.82) is 0 Å². The number of rotatable bonds is 8. The Morgan fingerprint density at radius 3 is 2.60 bits per heavy atom. The Morgan fingerprint density at radius 2 is 2.05 bits per heavy atom. The minimum atomic E-state index is 0.561. The molecule has 0 atom stereocenters. The molecule has 1 aromatic rings. The van der Waals surface area contributed by atoms with Crippen LogP contribution in [0.1, 0.15) is 32.8 Å². The van der Waals surface area contributed by atoms with Crippen LogP contribution in [-0.2, 0) is 0 Å². The lowest BCUT2D eigenvalue weighted by Crippen LogP contribution is -2.15. The Labute approximate surface area is 126 Å². The minimum absolute atomic E-state index is 0.561. The fourth-order valence-corrected chi connectivity index (χ4v) is 2.18. The van der Waals surface area contributed by atoms with Crippen molar-refractivity contribution in [3.63, 3.8) is 0 Å². The highest BCUT2D eigenvalue weighted by Crippen LogP contribution is 2.37. The highest BCUT2D eigenvalue weighted by molar-refractivity contribution is 6.32. The number of ether oxygens (including phenoxy) is 2. The van der Waals surface area contributed by atoms with Gasteiger partial charge in [-0.05, 0) is 37.6 Å². The van der Waals surface area contributed by atoms with E-state index in [2.05, 4.69) is 25.2 Å². The van der Waals surface area contributed by atoms with Crippen LogP contribution in [0.5, 0.6) is 11.5 Å². The third-order valence-corrected chi connectivity index (χ3v) is 3.25. The molecular formula is C16H24ClNO2. The lowest BCUT2D eigenvalue weighted by Gasteiger charge is -2.13. The number of methoxy groups -OCH3 is 1. The zero-order valence-electron chi connectivity index (χ0n) is 12.8. The van der Waals surface area contributed by atoms with Gasteiger partial charge in [0.15, 0.2) is 11.5 Å². The molecule has 0 spiro atoms. The first-order valence-corrected chi connectivity index (χ1v) is 7.44. The van der Waals surface area contributed by atoms with Gasteiger partial charge in [0.1, 0.15) is 0 Å². The Hall–Kier alpha value is -1.19. The predicted molar refractivity (Wildman–Crippen MR) is 86.0 cm³/mol. The SMILES string of the molecule is CCNCC(=Cc1cc(Cl)c(OCC)c(OC)c1)CC. The van der Waals surface area contributed by atoms with E-state index in [1.54, 1.807) is 7.11 Å². The Bertz CT molecular complexity index is 458. The minimum Gasteiger partial charge on any atom is -0.493 e. The molecule has 112 valence electrons. The van der Waals surface area contributed by atoms with Crippen LogP contribution >= 0.6 is 11.6 Å². The quantitative estimate of drug-likeness (QED) is 0.782. The van der Waals surface area contributed by atoms with Crippen LogP contribution in [0.2, 0.25) is 5.02 Å². The van der Waals surface area contributed by atoms with Gasteiger partial charge >= 0.3 is 0 Å². The average Bonchev–Trinajstić information content (AvgIpc) is 2.45. The van der Waals surface area contributed by atoms with Crippen molar-refractivity contribution in [2.45, 2.75) is 27.2 Å². The third-order valence-electron chi connectivity index (χ3n) is 2.97. The highest BCUT2D eigenvalue weighted by atomic mass is 35.5. The second kappa shape index (κ2) is 8.88. The van der Waals surface area contributed by atoms with E-state index in [-0.39, 0.29) is 0 Å². The van der Waals surface area contributed by atoms with E-state index < -0.39 is 0 Å². The first-order chi connectivity index (χ1) is 9.65. The number of nitrogens with one attached hydrogen (secondary N) is 1. The van der Waals surface area contributed by atoms with Gasteiger partial charge in [0.25, 0.3) is 0 Å². The topological polar surface area (TPSA) is 30.5 Å². The molecule has 0 saturated carbocycles. The maximum absolute atomic E-state index is 6.27. The van der Waals surface area contributed by atoms with E-state index in [9.17, 15) is 0 Å². The van der Waals surface area contributed by atoms with Crippen LogP contribution < -0.4 is 14.8 Å². The lowest BCUT2D eigenvalue weighted by atomic mass is 10.1. The van der Waals surface area contributed by atoms with Gasteiger partial charge in [0, 0.05) is 6.54 Å². The lowest BCUT2D eigenvalue weighted by molar-refractivity contribution is 0.311. The summed E-state index contributed by atoms with van der Waals surface area (Å²) in [6.45, 7) is 8.59. The molecule has 1 rings (SSSR count). The van der Waals surface area contributed by atoms with Gasteiger partial charge < -0.3 is 14.8 Å². The molecule has 0 bridgehead atoms. The van der Waals surface area contributed by atoms with Crippen LogP contribution in [-0.4, -0.2) is 26.8 Å². The van der Waals surface area contributed by atoms with E-state index in [0.29, 0.717) is 23.1 Å². The summed E-state index contributed by atoms with van der Waals surface area (Å²) < 4.78 is 10.9. The molecule has 0 radical (unpaired) electrons. The van der Waals surface area contributed by atoms with Crippen molar-refractivity contribution in [3.05, 3.63) is 28.3 Å². The summed E-state index contributed by atoms with van der Waals surface area (Å²) in [5.74, 6) is 1.28.